The van der Waals surface area contributed by atoms with Gasteiger partial charge in [0.15, 0.2) is 0 Å². The van der Waals surface area contributed by atoms with Crippen molar-refractivity contribution < 1.29 is 9.59 Å². The molecule has 0 unspecified atom stereocenters. The van der Waals surface area contributed by atoms with E-state index in [-0.39, 0.29) is 5.91 Å². The van der Waals surface area contributed by atoms with E-state index in [0.29, 0.717) is 18.4 Å². The molecule has 3 aromatic rings. The number of nitrogens with one attached hydrogen (secondary N) is 1. The van der Waals surface area contributed by atoms with Gasteiger partial charge in [0.1, 0.15) is 6.04 Å². The maximum atomic E-state index is 12.5. The van der Waals surface area contributed by atoms with Crippen LogP contribution in [0.2, 0.25) is 0 Å². The fourth-order valence-corrected chi connectivity index (χ4v) is 2.68. The predicted octanol–water partition coefficient (Wildman–Crippen LogP) is 2.45. The average molecular weight is 333 g/mol. The average Bonchev–Trinajstić information content (AvgIpc) is 2.65. The van der Waals surface area contributed by atoms with E-state index >= 15 is 0 Å². The lowest BCUT2D eigenvalue weighted by molar-refractivity contribution is -0.120. The second-order valence-corrected chi connectivity index (χ2v) is 5.87. The highest BCUT2D eigenvalue weighted by Crippen LogP contribution is 2.13. The lowest BCUT2D eigenvalue weighted by Crippen LogP contribution is -2.44. The molecule has 3 rings (SSSR count). The van der Waals surface area contributed by atoms with Gasteiger partial charge in [0, 0.05) is 11.6 Å². The highest BCUT2D eigenvalue weighted by atomic mass is 16.2. The summed E-state index contributed by atoms with van der Waals surface area (Å²) in [5.41, 5.74) is 7.76. The van der Waals surface area contributed by atoms with E-state index in [2.05, 4.69) is 10.3 Å². The first-order valence-electron chi connectivity index (χ1n) is 8.12. The van der Waals surface area contributed by atoms with Crippen LogP contribution in [0.3, 0.4) is 0 Å². The molecule has 1 heterocycles. The highest BCUT2D eigenvalue weighted by molar-refractivity contribution is 5.99. The van der Waals surface area contributed by atoms with Crippen LogP contribution in [0.4, 0.5) is 0 Å². The molecule has 5 nitrogen and oxygen atoms in total. The van der Waals surface area contributed by atoms with Crippen LogP contribution < -0.4 is 11.1 Å². The number of hydrogen-bond acceptors (Lipinski definition) is 3. The van der Waals surface area contributed by atoms with E-state index in [1.807, 2.05) is 54.6 Å². The molecule has 2 aromatic carbocycles. The van der Waals surface area contributed by atoms with Crippen molar-refractivity contribution in [2.24, 2.45) is 5.73 Å². The minimum Gasteiger partial charge on any atom is -0.368 e. The van der Waals surface area contributed by atoms with Crippen molar-refractivity contribution in [1.29, 1.82) is 0 Å². The van der Waals surface area contributed by atoms with Crippen molar-refractivity contribution in [2.75, 3.05) is 0 Å². The Balaban J connectivity index is 1.70. The van der Waals surface area contributed by atoms with Crippen molar-refractivity contribution in [1.82, 2.24) is 10.3 Å². The Kier molecular flexibility index (Phi) is 5.04. The van der Waals surface area contributed by atoms with Crippen molar-refractivity contribution in [2.45, 2.75) is 18.9 Å². The molecule has 0 spiro atoms. The maximum absolute atomic E-state index is 12.5. The maximum Gasteiger partial charge on any atom is 0.253 e. The van der Waals surface area contributed by atoms with Crippen molar-refractivity contribution in [3.05, 3.63) is 78.0 Å². The first-order chi connectivity index (χ1) is 12.1. The van der Waals surface area contributed by atoms with Crippen LogP contribution in [0.25, 0.3) is 10.9 Å². The Morgan fingerprint density at radius 3 is 2.52 bits per heavy atom. The normalized spacial score (nSPS) is 11.8. The number of rotatable bonds is 6. The number of carbonyl (C=O) groups excluding carboxylic acids is 2. The van der Waals surface area contributed by atoms with Crippen LogP contribution in [-0.2, 0) is 11.2 Å². The van der Waals surface area contributed by atoms with E-state index in [0.717, 1.165) is 16.5 Å². The van der Waals surface area contributed by atoms with Crippen LogP contribution in [0.5, 0.6) is 0 Å². The Hall–Kier alpha value is -3.21. The van der Waals surface area contributed by atoms with E-state index in [1.165, 1.54) is 6.20 Å². The number of amides is 2. The summed E-state index contributed by atoms with van der Waals surface area (Å²) < 4.78 is 0. The second-order valence-electron chi connectivity index (χ2n) is 5.87. The summed E-state index contributed by atoms with van der Waals surface area (Å²) in [4.78, 5) is 28.4. The van der Waals surface area contributed by atoms with Gasteiger partial charge >= 0.3 is 0 Å². The van der Waals surface area contributed by atoms with E-state index in [1.54, 1.807) is 6.07 Å². The number of para-hydroxylation sites is 1. The molecule has 1 aromatic heterocycles. The molecule has 25 heavy (non-hydrogen) atoms. The highest BCUT2D eigenvalue weighted by Gasteiger charge is 2.19. The molecule has 0 saturated heterocycles. The van der Waals surface area contributed by atoms with Gasteiger partial charge < -0.3 is 11.1 Å². The standard InChI is InChI=1S/C20H19N3O2/c21-19(24)18(11-10-14-6-2-1-3-7-14)23-20(25)16-12-15-8-4-5-9-17(15)22-13-16/h1-9,12-13,18H,10-11H2,(H2,21,24)(H,23,25)/t18-/m0/s1. The fraction of sp³-hybridized carbons (Fsp3) is 0.150. The smallest absolute Gasteiger partial charge is 0.253 e. The molecular formula is C20H19N3O2. The minimum atomic E-state index is -0.723. The number of hydrogen-bond donors (Lipinski definition) is 2. The van der Waals surface area contributed by atoms with Crippen LogP contribution in [0.15, 0.2) is 66.9 Å². The minimum absolute atomic E-state index is 0.352. The molecule has 0 aliphatic heterocycles. The molecule has 0 aliphatic rings. The zero-order valence-corrected chi connectivity index (χ0v) is 13.7. The van der Waals surface area contributed by atoms with Gasteiger partial charge in [-0.15, -0.1) is 0 Å². The van der Waals surface area contributed by atoms with Gasteiger partial charge in [0.25, 0.3) is 5.91 Å². The zero-order valence-electron chi connectivity index (χ0n) is 13.7. The van der Waals surface area contributed by atoms with E-state index < -0.39 is 11.9 Å². The third-order valence-corrected chi connectivity index (χ3v) is 4.07. The summed E-state index contributed by atoms with van der Waals surface area (Å²) in [5.74, 6) is -0.895. The van der Waals surface area contributed by atoms with Gasteiger partial charge in [-0.3, -0.25) is 14.6 Å². The van der Waals surface area contributed by atoms with Crippen LogP contribution >= 0.6 is 0 Å². The molecule has 0 aliphatic carbocycles. The Morgan fingerprint density at radius 1 is 1.04 bits per heavy atom. The summed E-state index contributed by atoms with van der Waals surface area (Å²) in [6, 6.07) is 18.3. The molecular weight excluding hydrogens is 314 g/mol. The third kappa shape index (κ3) is 4.20. The predicted molar refractivity (Wildman–Crippen MR) is 97.0 cm³/mol. The van der Waals surface area contributed by atoms with Gasteiger partial charge in [0.05, 0.1) is 11.1 Å². The van der Waals surface area contributed by atoms with Crippen LogP contribution in [0, 0.1) is 0 Å². The zero-order chi connectivity index (χ0) is 17.6. The van der Waals surface area contributed by atoms with Gasteiger partial charge in [-0.1, -0.05) is 48.5 Å². The van der Waals surface area contributed by atoms with E-state index in [4.69, 9.17) is 5.73 Å². The number of carbonyl (C=O) groups is 2. The van der Waals surface area contributed by atoms with Gasteiger partial charge in [-0.25, -0.2) is 0 Å². The van der Waals surface area contributed by atoms with Crippen molar-refractivity contribution in [3.8, 4) is 0 Å². The second kappa shape index (κ2) is 7.57. The van der Waals surface area contributed by atoms with Crippen LogP contribution in [0.1, 0.15) is 22.3 Å². The largest absolute Gasteiger partial charge is 0.368 e. The number of pyridine rings is 1. The number of fused-ring (bicyclic) bond motifs is 1. The fourth-order valence-electron chi connectivity index (χ4n) is 2.68. The molecule has 1 atom stereocenters. The number of aryl methyl sites for hydroxylation is 1. The monoisotopic (exact) mass is 333 g/mol. The summed E-state index contributed by atoms with van der Waals surface area (Å²) in [6.07, 6.45) is 2.61. The molecule has 0 radical (unpaired) electrons. The number of primary amides is 1. The van der Waals surface area contributed by atoms with E-state index in [9.17, 15) is 9.59 Å². The first kappa shape index (κ1) is 16.6. The molecule has 0 fully saturated rings. The molecule has 0 bridgehead atoms. The Morgan fingerprint density at radius 2 is 1.76 bits per heavy atom. The SMILES string of the molecule is NC(=O)[C@H](CCc1ccccc1)NC(=O)c1cnc2ccccc2c1. The number of benzene rings is 2. The molecule has 3 N–H and O–H groups in total. The van der Waals surface area contributed by atoms with Crippen molar-refractivity contribution >= 4 is 22.7 Å². The molecule has 126 valence electrons. The lowest BCUT2D eigenvalue weighted by Gasteiger charge is -2.15. The van der Waals surface area contributed by atoms with Gasteiger partial charge in [-0.05, 0) is 30.5 Å². The third-order valence-electron chi connectivity index (χ3n) is 4.07. The molecule has 2 amide bonds. The summed E-state index contributed by atoms with van der Waals surface area (Å²) >= 11 is 0. The van der Waals surface area contributed by atoms with Gasteiger partial charge in [-0.2, -0.15) is 0 Å². The summed E-state index contributed by atoms with van der Waals surface area (Å²) in [7, 11) is 0. The topological polar surface area (TPSA) is 85.1 Å². The van der Waals surface area contributed by atoms with Crippen LogP contribution in [-0.4, -0.2) is 22.8 Å². The first-order valence-corrected chi connectivity index (χ1v) is 8.12. The van der Waals surface area contributed by atoms with Gasteiger partial charge in [0.2, 0.25) is 5.91 Å². The Labute approximate surface area is 145 Å². The number of aromatic nitrogens is 1. The quantitative estimate of drug-likeness (QED) is 0.726. The summed E-state index contributed by atoms with van der Waals surface area (Å²) in [5, 5.41) is 3.58. The van der Waals surface area contributed by atoms with Crippen molar-refractivity contribution in [3.63, 3.8) is 0 Å². The summed E-state index contributed by atoms with van der Waals surface area (Å²) in [6.45, 7) is 0. The Bertz CT molecular complexity index is 894. The lowest BCUT2D eigenvalue weighted by atomic mass is 10.0. The molecule has 0 saturated carbocycles. The number of nitrogens with two attached hydrogens (primary N) is 1. The number of nitrogens with zero attached hydrogens (tertiary/aromatic N) is 1. The molecule has 5 heteroatoms.